The van der Waals surface area contributed by atoms with Crippen molar-refractivity contribution >= 4 is 0 Å². The molecule has 1 N–H and O–H groups in total. The topological polar surface area (TPSA) is 33.1 Å². The third-order valence-electron chi connectivity index (χ3n) is 3.61. The fraction of sp³-hybridized carbons (Fsp3) is 0.769. The second-order valence-electron chi connectivity index (χ2n) is 5.08. The van der Waals surface area contributed by atoms with Crippen LogP contribution in [-0.4, -0.2) is 40.6 Å². The molecule has 4 nitrogen and oxygen atoms in total. The van der Waals surface area contributed by atoms with Gasteiger partial charge >= 0.3 is 6.55 Å². The molecule has 2 heterocycles. The number of rotatable bonds is 6. The van der Waals surface area contributed by atoms with Gasteiger partial charge in [0.2, 0.25) is 0 Å². The highest BCUT2D eigenvalue weighted by molar-refractivity contribution is 4.93. The van der Waals surface area contributed by atoms with Gasteiger partial charge in [-0.15, -0.1) is 0 Å². The molecule has 1 aliphatic heterocycles. The van der Waals surface area contributed by atoms with Crippen LogP contribution in [0, 0.1) is 5.92 Å². The molecule has 108 valence electrons. The summed E-state index contributed by atoms with van der Waals surface area (Å²) in [5.74, 6) is 1.07. The average Bonchev–Trinajstić information content (AvgIpc) is 2.85. The molecule has 1 aromatic rings. The van der Waals surface area contributed by atoms with E-state index in [-0.39, 0.29) is 0 Å². The van der Waals surface area contributed by atoms with Crippen molar-refractivity contribution in [2.75, 3.05) is 26.2 Å². The first-order valence-corrected chi connectivity index (χ1v) is 6.93. The standard InChI is InChI=1S/C13H22F2N4/c1-2-16-8-11-4-3-6-18(9-11)10-12-17-5-7-19(12)13(14)15/h5,7,11,13,16H,2-4,6,8-10H2,1H3. The van der Waals surface area contributed by atoms with E-state index in [4.69, 9.17) is 0 Å². The van der Waals surface area contributed by atoms with E-state index in [2.05, 4.69) is 22.1 Å². The fourth-order valence-corrected chi connectivity index (χ4v) is 2.65. The third-order valence-corrected chi connectivity index (χ3v) is 3.61. The molecular formula is C13H22F2N4. The Morgan fingerprint density at radius 1 is 1.53 bits per heavy atom. The highest BCUT2D eigenvalue weighted by Crippen LogP contribution is 2.19. The van der Waals surface area contributed by atoms with Crippen LogP contribution in [0.5, 0.6) is 0 Å². The zero-order chi connectivity index (χ0) is 13.7. The molecule has 19 heavy (non-hydrogen) atoms. The van der Waals surface area contributed by atoms with Gasteiger partial charge in [-0.25, -0.2) is 4.98 Å². The van der Waals surface area contributed by atoms with Crippen molar-refractivity contribution in [2.24, 2.45) is 5.92 Å². The first kappa shape index (κ1) is 14.4. The summed E-state index contributed by atoms with van der Waals surface area (Å²) in [6.45, 7) is 4.03. The predicted octanol–water partition coefficient (Wildman–Crippen LogP) is 2.10. The third kappa shape index (κ3) is 3.98. The Kier molecular flexibility index (Phi) is 5.27. The summed E-state index contributed by atoms with van der Waals surface area (Å²) in [4.78, 5) is 6.27. The summed E-state index contributed by atoms with van der Waals surface area (Å²) in [5.41, 5.74) is 0. The van der Waals surface area contributed by atoms with Crippen LogP contribution < -0.4 is 5.32 Å². The molecule has 2 rings (SSSR count). The van der Waals surface area contributed by atoms with Crippen LogP contribution in [0.25, 0.3) is 0 Å². The van der Waals surface area contributed by atoms with Crippen molar-refractivity contribution in [1.29, 1.82) is 0 Å². The second kappa shape index (κ2) is 6.96. The number of likely N-dealkylation sites (tertiary alicyclic amines) is 1. The van der Waals surface area contributed by atoms with Gasteiger partial charge in [-0.2, -0.15) is 8.78 Å². The van der Waals surface area contributed by atoms with Gasteiger partial charge in [0.1, 0.15) is 5.82 Å². The minimum absolute atomic E-state index is 0.458. The maximum atomic E-state index is 12.8. The predicted molar refractivity (Wildman–Crippen MR) is 70.0 cm³/mol. The molecule has 0 spiro atoms. The molecule has 1 saturated heterocycles. The average molecular weight is 272 g/mol. The summed E-state index contributed by atoms with van der Waals surface area (Å²) in [5, 5.41) is 3.36. The molecule has 0 saturated carbocycles. The maximum Gasteiger partial charge on any atom is 0.319 e. The normalized spacial score (nSPS) is 21.2. The van der Waals surface area contributed by atoms with E-state index in [1.165, 1.54) is 18.8 Å². The van der Waals surface area contributed by atoms with E-state index >= 15 is 0 Å². The summed E-state index contributed by atoms with van der Waals surface area (Å²) >= 11 is 0. The molecule has 1 atom stereocenters. The van der Waals surface area contributed by atoms with Gasteiger partial charge < -0.3 is 5.32 Å². The molecule has 1 aliphatic rings. The summed E-state index contributed by atoms with van der Waals surface area (Å²) < 4.78 is 26.5. The van der Waals surface area contributed by atoms with E-state index < -0.39 is 6.55 Å². The van der Waals surface area contributed by atoms with E-state index in [0.29, 0.717) is 18.3 Å². The Hall–Kier alpha value is -1.01. The molecule has 1 unspecified atom stereocenters. The Bertz CT molecular complexity index is 380. The van der Waals surface area contributed by atoms with Gasteiger partial charge in [-0.3, -0.25) is 9.47 Å². The molecule has 1 aromatic heterocycles. The quantitative estimate of drug-likeness (QED) is 0.861. The summed E-state index contributed by atoms with van der Waals surface area (Å²) in [6.07, 6.45) is 5.14. The zero-order valence-corrected chi connectivity index (χ0v) is 11.4. The lowest BCUT2D eigenvalue weighted by Crippen LogP contribution is -2.39. The largest absolute Gasteiger partial charge is 0.319 e. The van der Waals surface area contributed by atoms with E-state index in [9.17, 15) is 8.78 Å². The van der Waals surface area contributed by atoms with Crippen molar-refractivity contribution in [2.45, 2.75) is 32.9 Å². The smallest absolute Gasteiger partial charge is 0.317 e. The van der Waals surface area contributed by atoms with Crippen LogP contribution in [0.2, 0.25) is 0 Å². The van der Waals surface area contributed by atoms with E-state index in [0.717, 1.165) is 37.2 Å². The molecule has 0 aliphatic carbocycles. The first-order valence-electron chi connectivity index (χ1n) is 6.93. The highest BCUT2D eigenvalue weighted by atomic mass is 19.3. The van der Waals surface area contributed by atoms with Crippen LogP contribution in [0.4, 0.5) is 8.78 Å². The van der Waals surface area contributed by atoms with Crippen LogP contribution in [0.15, 0.2) is 12.4 Å². The van der Waals surface area contributed by atoms with Crippen LogP contribution >= 0.6 is 0 Å². The van der Waals surface area contributed by atoms with Gasteiger partial charge in [0.25, 0.3) is 0 Å². The lowest BCUT2D eigenvalue weighted by atomic mass is 9.98. The number of aromatic nitrogens is 2. The number of nitrogens with zero attached hydrogens (tertiary/aromatic N) is 3. The number of imidazole rings is 1. The number of alkyl halides is 2. The Morgan fingerprint density at radius 3 is 3.11 bits per heavy atom. The maximum absolute atomic E-state index is 12.8. The van der Waals surface area contributed by atoms with Gasteiger partial charge in [0, 0.05) is 18.9 Å². The number of halogens is 2. The molecule has 0 bridgehead atoms. The molecule has 6 heteroatoms. The zero-order valence-electron chi connectivity index (χ0n) is 11.4. The van der Waals surface area contributed by atoms with E-state index in [1.807, 2.05) is 0 Å². The lowest BCUT2D eigenvalue weighted by molar-refractivity contribution is 0.0619. The highest BCUT2D eigenvalue weighted by Gasteiger charge is 2.21. The van der Waals surface area contributed by atoms with Crippen LogP contribution in [0.1, 0.15) is 32.1 Å². The van der Waals surface area contributed by atoms with Crippen molar-refractivity contribution in [1.82, 2.24) is 19.8 Å². The second-order valence-corrected chi connectivity index (χ2v) is 5.08. The number of piperidine rings is 1. The van der Waals surface area contributed by atoms with Gasteiger partial charge in [-0.05, 0) is 38.4 Å². The van der Waals surface area contributed by atoms with Crippen molar-refractivity contribution in [3.63, 3.8) is 0 Å². The number of hydrogen-bond donors (Lipinski definition) is 1. The molecular weight excluding hydrogens is 250 g/mol. The van der Waals surface area contributed by atoms with Crippen LogP contribution in [0.3, 0.4) is 0 Å². The Balaban J connectivity index is 1.89. The molecule has 1 fully saturated rings. The summed E-state index contributed by atoms with van der Waals surface area (Å²) in [7, 11) is 0. The lowest BCUT2D eigenvalue weighted by Gasteiger charge is -2.32. The van der Waals surface area contributed by atoms with Crippen molar-refractivity contribution < 1.29 is 8.78 Å². The van der Waals surface area contributed by atoms with Crippen LogP contribution in [-0.2, 0) is 6.54 Å². The van der Waals surface area contributed by atoms with E-state index in [1.54, 1.807) is 0 Å². The Labute approximate surface area is 112 Å². The molecule has 0 radical (unpaired) electrons. The SMILES string of the molecule is CCNCC1CCCN(Cc2nccn2C(F)F)C1. The first-order chi connectivity index (χ1) is 9.20. The van der Waals surface area contributed by atoms with Crippen molar-refractivity contribution in [3.8, 4) is 0 Å². The minimum atomic E-state index is -2.50. The Morgan fingerprint density at radius 2 is 2.37 bits per heavy atom. The monoisotopic (exact) mass is 272 g/mol. The number of hydrogen-bond acceptors (Lipinski definition) is 3. The summed E-state index contributed by atoms with van der Waals surface area (Å²) in [6, 6.07) is 0. The number of nitrogens with one attached hydrogen (secondary N) is 1. The molecule has 0 amide bonds. The molecule has 0 aromatic carbocycles. The van der Waals surface area contributed by atoms with Gasteiger partial charge in [0.15, 0.2) is 0 Å². The van der Waals surface area contributed by atoms with Gasteiger partial charge in [0.05, 0.1) is 6.54 Å². The van der Waals surface area contributed by atoms with Crippen molar-refractivity contribution in [3.05, 3.63) is 18.2 Å². The minimum Gasteiger partial charge on any atom is -0.317 e. The fourth-order valence-electron chi connectivity index (χ4n) is 2.65. The van der Waals surface area contributed by atoms with Gasteiger partial charge in [-0.1, -0.05) is 6.92 Å².